The maximum absolute atomic E-state index is 6.38. The lowest BCUT2D eigenvalue weighted by Crippen LogP contribution is -2.15. The zero-order valence-corrected chi connectivity index (χ0v) is 18.5. The third kappa shape index (κ3) is 2.44. The molecule has 0 bridgehead atoms. The van der Waals surface area contributed by atoms with Gasteiger partial charge < -0.3 is 9.47 Å². The minimum Gasteiger partial charge on any atom is -0.449 e. The second kappa shape index (κ2) is 6.21. The van der Waals surface area contributed by atoms with E-state index in [4.69, 9.17) is 14.5 Å². The van der Waals surface area contributed by atoms with Gasteiger partial charge in [0.05, 0.1) is 10.2 Å². The summed E-state index contributed by atoms with van der Waals surface area (Å²) < 4.78 is 13.9. The Hall–Kier alpha value is -3.63. The van der Waals surface area contributed by atoms with Crippen molar-refractivity contribution in [2.75, 3.05) is 0 Å². The van der Waals surface area contributed by atoms with Crippen molar-refractivity contribution in [2.45, 2.75) is 19.3 Å². The molecule has 0 N–H and O–H groups in total. The van der Waals surface area contributed by atoms with E-state index in [1.54, 1.807) is 11.3 Å². The maximum Gasteiger partial charge on any atom is 0.170 e. The highest BCUT2D eigenvalue weighted by Crippen LogP contribution is 2.55. The number of aromatic nitrogens is 1. The van der Waals surface area contributed by atoms with Crippen LogP contribution in [0.5, 0.6) is 23.0 Å². The third-order valence-corrected chi connectivity index (χ3v) is 7.66. The van der Waals surface area contributed by atoms with Gasteiger partial charge in [-0.25, -0.2) is 4.98 Å². The standard InChI is InChI=1S/C28H19NO2S/c1-28(2)19-8-4-3-7-17(19)18-14-24-25(15-20(18)28)31-23-13-16(11-12-22(23)30-24)27-29-21-9-5-6-10-26(21)32-27/h3-15H,1-2H3. The maximum atomic E-state index is 6.38. The summed E-state index contributed by atoms with van der Waals surface area (Å²) in [5, 5.41) is 0.980. The van der Waals surface area contributed by atoms with Gasteiger partial charge >= 0.3 is 0 Å². The van der Waals surface area contributed by atoms with E-state index in [1.807, 2.05) is 30.3 Å². The summed E-state index contributed by atoms with van der Waals surface area (Å²) in [6, 6.07) is 27.2. The summed E-state index contributed by atoms with van der Waals surface area (Å²) in [6.07, 6.45) is 0. The van der Waals surface area contributed by atoms with Crippen LogP contribution in [0.1, 0.15) is 25.0 Å². The fraction of sp³-hybridized carbons (Fsp3) is 0.107. The molecule has 7 rings (SSSR count). The summed E-state index contributed by atoms with van der Waals surface area (Å²) in [6.45, 7) is 4.54. The molecule has 0 saturated carbocycles. The molecule has 0 saturated heterocycles. The Kier molecular flexibility index (Phi) is 3.49. The molecule has 154 valence electrons. The lowest BCUT2D eigenvalue weighted by atomic mass is 9.82. The summed E-state index contributed by atoms with van der Waals surface area (Å²) >= 11 is 1.69. The second-order valence-corrected chi connectivity index (χ2v) is 9.90. The van der Waals surface area contributed by atoms with E-state index in [-0.39, 0.29) is 5.41 Å². The van der Waals surface area contributed by atoms with Crippen LogP contribution in [-0.2, 0) is 5.41 Å². The molecule has 3 nitrogen and oxygen atoms in total. The lowest BCUT2D eigenvalue weighted by Gasteiger charge is -2.25. The van der Waals surface area contributed by atoms with Crippen molar-refractivity contribution in [3.05, 3.63) is 90.0 Å². The van der Waals surface area contributed by atoms with Gasteiger partial charge in [0, 0.05) is 11.0 Å². The molecule has 0 radical (unpaired) electrons. The molecule has 0 atom stereocenters. The molecule has 2 heterocycles. The molecular formula is C28H19NO2S. The molecule has 0 amide bonds. The van der Waals surface area contributed by atoms with Crippen molar-refractivity contribution in [3.8, 4) is 44.7 Å². The highest BCUT2D eigenvalue weighted by molar-refractivity contribution is 7.21. The highest BCUT2D eigenvalue weighted by Gasteiger charge is 2.37. The normalized spacial score (nSPS) is 14.7. The van der Waals surface area contributed by atoms with E-state index in [0.29, 0.717) is 0 Å². The Labute approximate surface area is 189 Å². The van der Waals surface area contributed by atoms with Crippen LogP contribution in [0.15, 0.2) is 78.9 Å². The number of para-hydroxylation sites is 1. The fourth-order valence-electron chi connectivity index (χ4n) is 4.91. The number of nitrogens with zero attached hydrogens (tertiary/aromatic N) is 1. The number of ether oxygens (including phenoxy) is 2. The number of fused-ring (bicyclic) bond motifs is 6. The molecule has 2 aliphatic rings. The lowest BCUT2D eigenvalue weighted by molar-refractivity contribution is 0.359. The van der Waals surface area contributed by atoms with Crippen LogP contribution in [0, 0.1) is 0 Å². The Morgan fingerprint density at radius 2 is 1.44 bits per heavy atom. The summed E-state index contributed by atoms with van der Waals surface area (Å²) in [5.41, 5.74) is 7.09. The first-order valence-electron chi connectivity index (χ1n) is 10.7. The van der Waals surface area contributed by atoms with E-state index in [2.05, 4.69) is 62.4 Å². The first-order valence-corrected chi connectivity index (χ1v) is 11.5. The Morgan fingerprint density at radius 1 is 0.688 bits per heavy atom. The Bertz CT molecular complexity index is 1530. The minimum atomic E-state index is -0.0760. The average Bonchev–Trinajstić information content (AvgIpc) is 3.34. The Morgan fingerprint density at radius 3 is 2.34 bits per heavy atom. The number of hydrogen-bond acceptors (Lipinski definition) is 4. The van der Waals surface area contributed by atoms with Crippen molar-refractivity contribution < 1.29 is 9.47 Å². The zero-order valence-electron chi connectivity index (χ0n) is 17.7. The third-order valence-electron chi connectivity index (χ3n) is 6.57. The Balaban J connectivity index is 1.31. The van der Waals surface area contributed by atoms with E-state index >= 15 is 0 Å². The van der Waals surface area contributed by atoms with Crippen LogP contribution < -0.4 is 9.47 Å². The van der Waals surface area contributed by atoms with Crippen molar-refractivity contribution in [1.82, 2.24) is 4.98 Å². The highest BCUT2D eigenvalue weighted by atomic mass is 32.1. The monoisotopic (exact) mass is 433 g/mol. The summed E-state index contributed by atoms with van der Waals surface area (Å²) in [5.74, 6) is 2.98. The largest absolute Gasteiger partial charge is 0.449 e. The average molecular weight is 434 g/mol. The van der Waals surface area contributed by atoms with E-state index in [1.165, 1.54) is 27.0 Å². The molecule has 32 heavy (non-hydrogen) atoms. The van der Waals surface area contributed by atoms with Gasteiger partial charge in [0.15, 0.2) is 23.0 Å². The van der Waals surface area contributed by atoms with Gasteiger partial charge in [0.1, 0.15) is 5.01 Å². The fourth-order valence-corrected chi connectivity index (χ4v) is 5.87. The van der Waals surface area contributed by atoms with Crippen molar-refractivity contribution >= 4 is 21.6 Å². The van der Waals surface area contributed by atoms with Crippen molar-refractivity contribution in [3.63, 3.8) is 0 Å². The van der Waals surface area contributed by atoms with Gasteiger partial charge in [-0.15, -0.1) is 11.3 Å². The minimum absolute atomic E-state index is 0.0760. The number of thiazole rings is 1. The molecule has 4 heteroatoms. The SMILES string of the molecule is CC1(C)c2ccccc2-c2cc3c(cc21)Oc1cc(-c2nc4ccccc4s2)ccc1O3. The zero-order chi connectivity index (χ0) is 21.4. The van der Waals surface area contributed by atoms with Crippen LogP contribution in [0.2, 0.25) is 0 Å². The topological polar surface area (TPSA) is 31.4 Å². The number of benzene rings is 4. The second-order valence-electron chi connectivity index (χ2n) is 8.87. The quantitative estimate of drug-likeness (QED) is 0.262. The smallest absolute Gasteiger partial charge is 0.170 e. The molecule has 1 aliphatic carbocycles. The van der Waals surface area contributed by atoms with Gasteiger partial charge in [-0.1, -0.05) is 50.2 Å². The van der Waals surface area contributed by atoms with Crippen molar-refractivity contribution in [2.24, 2.45) is 0 Å². The molecular weight excluding hydrogens is 414 g/mol. The summed E-state index contributed by atoms with van der Waals surface area (Å²) in [4.78, 5) is 4.79. The molecule has 1 aliphatic heterocycles. The van der Waals surface area contributed by atoms with Crippen LogP contribution in [0.4, 0.5) is 0 Å². The molecule has 5 aromatic rings. The van der Waals surface area contributed by atoms with Gasteiger partial charge in [-0.3, -0.25) is 0 Å². The molecule has 0 spiro atoms. The number of hydrogen-bond donors (Lipinski definition) is 0. The molecule has 0 fully saturated rings. The van der Waals surface area contributed by atoms with Gasteiger partial charge in [0.2, 0.25) is 0 Å². The first-order chi connectivity index (χ1) is 15.6. The summed E-state index contributed by atoms with van der Waals surface area (Å²) in [7, 11) is 0. The van der Waals surface area contributed by atoms with Crippen LogP contribution in [0.25, 0.3) is 31.9 Å². The van der Waals surface area contributed by atoms with Crippen molar-refractivity contribution in [1.29, 1.82) is 0 Å². The van der Waals surface area contributed by atoms with Gasteiger partial charge in [-0.05, 0) is 64.7 Å². The van der Waals surface area contributed by atoms with E-state index in [0.717, 1.165) is 39.1 Å². The molecule has 0 unspecified atom stereocenters. The van der Waals surface area contributed by atoms with Crippen LogP contribution in [0.3, 0.4) is 0 Å². The van der Waals surface area contributed by atoms with Gasteiger partial charge in [-0.2, -0.15) is 0 Å². The van der Waals surface area contributed by atoms with Crippen LogP contribution in [-0.4, -0.2) is 4.98 Å². The first kappa shape index (κ1) is 18.0. The predicted molar refractivity (Wildman–Crippen MR) is 129 cm³/mol. The molecule has 4 aromatic carbocycles. The molecule has 1 aromatic heterocycles. The number of rotatable bonds is 1. The van der Waals surface area contributed by atoms with E-state index < -0.39 is 0 Å². The van der Waals surface area contributed by atoms with Crippen LogP contribution >= 0.6 is 11.3 Å². The van der Waals surface area contributed by atoms with Gasteiger partial charge in [0.25, 0.3) is 0 Å². The van der Waals surface area contributed by atoms with E-state index in [9.17, 15) is 0 Å². The predicted octanol–water partition coefficient (Wildman–Crippen LogP) is 8.17.